The molecule has 0 radical (unpaired) electrons. The normalized spacial score (nSPS) is 8.93. The van der Waals surface area contributed by atoms with E-state index < -0.39 is 0 Å². The molecule has 84 valence electrons. The lowest BCUT2D eigenvalue weighted by Crippen LogP contribution is -2.35. The van der Waals surface area contributed by atoms with Gasteiger partial charge in [-0.2, -0.15) is 0 Å². The van der Waals surface area contributed by atoms with Gasteiger partial charge in [0.25, 0.3) is 5.91 Å². The third-order valence-corrected chi connectivity index (χ3v) is 1.53. The van der Waals surface area contributed by atoms with E-state index in [4.69, 9.17) is 0 Å². The quantitative estimate of drug-likeness (QED) is 0.678. The van der Waals surface area contributed by atoms with Crippen molar-refractivity contribution in [1.29, 1.82) is 0 Å². The van der Waals surface area contributed by atoms with Crippen LogP contribution < -0.4 is 16.2 Å². The van der Waals surface area contributed by atoms with Crippen LogP contribution in [-0.4, -0.2) is 19.5 Å². The predicted octanol–water partition coefficient (Wildman–Crippen LogP) is 0.910. The second-order valence-electron chi connectivity index (χ2n) is 2.71. The first-order valence-electron chi connectivity index (χ1n) is 4.17. The standard InChI is InChI=1S/C9H12FN3O.ClH/c1-11-6-9(14)13-12-8-4-2-7(10)3-5-8;/h2-5,11-12H,6H2,1H3,(H,13,14);1H. The van der Waals surface area contributed by atoms with E-state index in [-0.39, 0.29) is 30.7 Å². The Labute approximate surface area is 93.6 Å². The van der Waals surface area contributed by atoms with Crippen LogP contribution in [0.15, 0.2) is 24.3 Å². The van der Waals surface area contributed by atoms with E-state index in [0.29, 0.717) is 5.69 Å². The summed E-state index contributed by atoms with van der Waals surface area (Å²) in [6.07, 6.45) is 0. The fourth-order valence-electron chi connectivity index (χ4n) is 0.880. The average molecular weight is 234 g/mol. The second-order valence-corrected chi connectivity index (χ2v) is 2.71. The van der Waals surface area contributed by atoms with E-state index in [2.05, 4.69) is 16.2 Å². The molecule has 3 N–H and O–H groups in total. The fraction of sp³-hybridized carbons (Fsp3) is 0.222. The van der Waals surface area contributed by atoms with Gasteiger partial charge in [0.05, 0.1) is 12.2 Å². The highest BCUT2D eigenvalue weighted by Gasteiger charge is 1.97. The molecule has 0 bridgehead atoms. The van der Waals surface area contributed by atoms with E-state index in [1.807, 2.05) is 0 Å². The maximum absolute atomic E-state index is 12.5. The van der Waals surface area contributed by atoms with E-state index in [1.165, 1.54) is 24.3 Å². The summed E-state index contributed by atoms with van der Waals surface area (Å²) < 4.78 is 12.5. The molecule has 0 atom stereocenters. The van der Waals surface area contributed by atoms with E-state index in [0.717, 1.165) is 0 Å². The Balaban J connectivity index is 0.00000196. The monoisotopic (exact) mass is 233 g/mol. The van der Waals surface area contributed by atoms with Crippen molar-refractivity contribution in [3.8, 4) is 0 Å². The highest BCUT2D eigenvalue weighted by Crippen LogP contribution is 2.06. The van der Waals surface area contributed by atoms with Gasteiger partial charge in [-0.1, -0.05) is 0 Å². The number of hydrogen-bond donors (Lipinski definition) is 3. The number of halogens is 2. The summed E-state index contributed by atoms with van der Waals surface area (Å²) in [4.78, 5) is 11.0. The molecule has 0 saturated heterocycles. The summed E-state index contributed by atoms with van der Waals surface area (Å²) in [5.41, 5.74) is 5.73. The molecule has 0 aliphatic rings. The van der Waals surface area contributed by atoms with Gasteiger partial charge in [0.15, 0.2) is 0 Å². The van der Waals surface area contributed by atoms with Gasteiger partial charge in [-0.05, 0) is 31.3 Å². The number of amides is 1. The summed E-state index contributed by atoms with van der Waals surface area (Å²) in [5, 5.41) is 2.70. The molecule has 1 rings (SSSR count). The number of benzene rings is 1. The van der Waals surface area contributed by atoms with Gasteiger partial charge in [0.2, 0.25) is 0 Å². The number of nitrogens with one attached hydrogen (secondary N) is 3. The molecule has 0 fully saturated rings. The molecule has 15 heavy (non-hydrogen) atoms. The summed E-state index contributed by atoms with van der Waals surface area (Å²) >= 11 is 0. The smallest absolute Gasteiger partial charge is 0.252 e. The number of anilines is 1. The Hall–Kier alpha value is -1.33. The first-order chi connectivity index (χ1) is 6.72. The Morgan fingerprint density at radius 1 is 1.33 bits per heavy atom. The summed E-state index contributed by atoms with van der Waals surface area (Å²) in [5.74, 6) is -0.492. The number of carbonyl (C=O) groups excluding carboxylic acids is 1. The lowest BCUT2D eigenvalue weighted by atomic mass is 10.3. The van der Waals surface area contributed by atoms with Crippen LogP contribution in [0.1, 0.15) is 0 Å². The molecule has 0 aliphatic heterocycles. The summed E-state index contributed by atoms with van der Waals surface area (Å²) in [6, 6.07) is 5.70. The molecule has 0 spiro atoms. The minimum atomic E-state index is -0.308. The molecule has 0 aromatic heterocycles. The number of likely N-dealkylation sites (N-methyl/N-ethyl adjacent to an activating group) is 1. The van der Waals surface area contributed by atoms with Crippen LogP contribution in [-0.2, 0) is 4.79 Å². The van der Waals surface area contributed by atoms with Crippen LogP contribution in [0.4, 0.5) is 10.1 Å². The zero-order valence-electron chi connectivity index (χ0n) is 8.21. The maximum atomic E-state index is 12.5. The third kappa shape index (κ3) is 5.19. The molecule has 0 aliphatic carbocycles. The largest absolute Gasteiger partial charge is 0.311 e. The minimum absolute atomic E-state index is 0. The predicted molar refractivity (Wildman–Crippen MR) is 59.3 cm³/mol. The lowest BCUT2D eigenvalue weighted by molar-refractivity contribution is -0.119. The second kappa shape index (κ2) is 7.03. The summed E-state index contributed by atoms with van der Waals surface area (Å²) in [7, 11) is 1.68. The van der Waals surface area contributed by atoms with Gasteiger partial charge in [-0.3, -0.25) is 15.6 Å². The molecule has 1 amide bonds. The van der Waals surface area contributed by atoms with Gasteiger partial charge in [-0.15, -0.1) is 12.4 Å². The van der Waals surface area contributed by atoms with E-state index >= 15 is 0 Å². The average Bonchev–Trinajstić information content (AvgIpc) is 2.17. The summed E-state index contributed by atoms with van der Waals surface area (Å²) in [6.45, 7) is 0.230. The van der Waals surface area contributed by atoms with Gasteiger partial charge in [0.1, 0.15) is 5.82 Å². The van der Waals surface area contributed by atoms with Crippen molar-refractivity contribution < 1.29 is 9.18 Å². The Morgan fingerprint density at radius 2 is 1.93 bits per heavy atom. The zero-order valence-corrected chi connectivity index (χ0v) is 9.03. The van der Waals surface area contributed by atoms with Crippen molar-refractivity contribution in [2.45, 2.75) is 0 Å². The molecule has 1 aromatic carbocycles. The first-order valence-corrected chi connectivity index (χ1v) is 4.17. The zero-order chi connectivity index (χ0) is 10.4. The van der Waals surface area contributed by atoms with Crippen molar-refractivity contribution in [3.05, 3.63) is 30.1 Å². The van der Waals surface area contributed by atoms with Crippen LogP contribution >= 0.6 is 12.4 Å². The van der Waals surface area contributed by atoms with E-state index in [9.17, 15) is 9.18 Å². The van der Waals surface area contributed by atoms with Crippen molar-refractivity contribution >= 4 is 24.0 Å². The molecule has 0 unspecified atom stereocenters. The van der Waals surface area contributed by atoms with Gasteiger partial charge in [-0.25, -0.2) is 4.39 Å². The maximum Gasteiger partial charge on any atom is 0.252 e. The molecule has 4 nitrogen and oxygen atoms in total. The van der Waals surface area contributed by atoms with Crippen LogP contribution in [0.25, 0.3) is 0 Å². The van der Waals surface area contributed by atoms with Crippen LogP contribution in [0.2, 0.25) is 0 Å². The Kier molecular flexibility index (Phi) is 6.40. The van der Waals surface area contributed by atoms with Gasteiger partial charge >= 0.3 is 0 Å². The topological polar surface area (TPSA) is 53.2 Å². The number of carbonyl (C=O) groups is 1. The van der Waals surface area contributed by atoms with Crippen molar-refractivity contribution in [2.75, 3.05) is 19.0 Å². The molecule has 0 heterocycles. The van der Waals surface area contributed by atoms with Crippen LogP contribution in [0, 0.1) is 5.82 Å². The van der Waals surface area contributed by atoms with Crippen molar-refractivity contribution in [1.82, 2.24) is 10.7 Å². The molecular formula is C9H13ClFN3O. The molecule has 0 saturated carbocycles. The number of rotatable bonds is 4. The lowest BCUT2D eigenvalue weighted by Gasteiger charge is -2.07. The molecule has 1 aromatic rings. The highest BCUT2D eigenvalue weighted by molar-refractivity contribution is 5.85. The third-order valence-electron chi connectivity index (χ3n) is 1.53. The van der Waals surface area contributed by atoms with Crippen molar-refractivity contribution in [2.24, 2.45) is 0 Å². The van der Waals surface area contributed by atoms with E-state index in [1.54, 1.807) is 7.05 Å². The Bertz CT molecular complexity index is 305. The SMILES string of the molecule is CNCC(=O)NNc1ccc(F)cc1.Cl. The van der Waals surface area contributed by atoms with Crippen LogP contribution in [0.3, 0.4) is 0 Å². The number of hydrogen-bond acceptors (Lipinski definition) is 3. The Morgan fingerprint density at radius 3 is 2.47 bits per heavy atom. The minimum Gasteiger partial charge on any atom is -0.311 e. The number of hydrazine groups is 1. The van der Waals surface area contributed by atoms with Gasteiger partial charge in [0, 0.05) is 0 Å². The van der Waals surface area contributed by atoms with Gasteiger partial charge < -0.3 is 5.32 Å². The van der Waals surface area contributed by atoms with Crippen LogP contribution in [0.5, 0.6) is 0 Å². The molecule has 6 heteroatoms. The van der Waals surface area contributed by atoms with Crippen molar-refractivity contribution in [3.63, 3.8) is 0 Å². The molecular weight excluding hydrogens is 221 g/mol. The first kappa shape index (κ1) is 13.7. The fourth-order valence-corrected chi connectivity index (χ4v) is 0.880. The highest BCUT2D eigenvalue weighted by atomic mass is 35.5.